The molecule has 176 valence electrons. The number of ether oxygens (including phenoxy) is 1. The van der Waals surface area contributed by atoms with Crippen LogP contribution in [0.2, 0.25) is 0 Å². The van der Waals surface area contributed by atoms with Gasteiger partial charge in [0.2, 0.25) is 0 Å². The van der Waals surface area contributed by atoms with Gasteiger partial charge in [0.1, 0.15) is 6.10 Å². The van der Waals surface area contributed by atoms with Crippen LogP contribution in [0.4, 0.5) is 0 Å². The smallest absolute Gasteiger partial charge is 0.332 e. The minimum Gasteiger partial charge on any atom is -0.459 e. The lowest BCUT2D eigenvalue weighted by Gasteiger charge is -2.41. The number of rotatable bonds is 8. The minimum absolute atomic E-state index is 0.000410. The Balaban J connectivity index is 1.49. The second kappa shape index (κ2) is 8.98. The maximum absolute atomic E-state index is 13.3. The van der Waals surface area contributed by atoms with Crippen molar-refractivity contribution in [3.05, 3.63) is 78.0 Å². The average Bonchev–Trinajstić information content (AvgIpc) is 3.13. The van der Waals surface area contributed by atoms with Crippen LogP contribution in [0.15, 0.2) is 77.3 Å². The molecule has 6 heteroatoms. The molecule has 0 spiro atoms. The summed E-state index contributed by atoms with van der Waals surface area (Å²) in [6.45, 7) is 6.74. The number of hydrogen-bond acceptors (Lipinski definition) is 5. The summed E-state index contributed by atoms with van der Waals surface area (Å²) in [5, 5.41) is 3.24. The number of fused-ring (bicyclic) bond motifs is 2. The largest absolute Gasteiger partial charge is 0.459 e. The Labute approximate surface area is 197 Å². The number of esters is 1. The van der Waals surface area contributed by atoms with Crippen molar-refractivity contribution < 1.29 is 17.9 Å². The molecule has 2 fully saturated rings. The van der Waals surface area contributed by atoms with Crippen LogP contribution in [0.3, 0.4) is 0 Å². The first-order chi connectivity index (χ1) is 15.6. The standard InChI is InChI=1S/C27H33NO4S/c1-20(28-18-21-10-6-4-7-11-21)16-25(29)32-24-17-22-14-15-27(24,26(22,2)3)19-33(30,31)23-12-8-5-9-13-23/h4-13,16,22,24,28H,14-15,17-19H2,1-3H3/b20-16-/t22-,24-,27-/m1/s1. The van der Waals surface area contributed by atoms with E-state index in [1.807, 2.05) is 43.3 Å². The van der Waals surface area contributed by atoms with Crippen molar-refractivity contribution in [2.24, 2.45) is 16.7 Å². The zero-order chi connectivity index (χ0) is 23.7. The summed E-state index contributed by atoms with van der Waals surface area (Å²) >= 11 is 0. The average molecular weight is 468 g/mol. The van der Waals surface area contributed by atoms with E-state index in [9.17, 15) is 13.2 Å². The summed E-state index contributed by atoms with van der Waals surface area (Å²) in [5.41, 5.74) is 1.04. The van der Waals surface area contributed by atoms with Crippen molar-refractivity contribution in [3.63, 3.8) is 0 Å². The van der Waals surface area contributed by atoms with Crippen molar-refractivity contribution in [1.29, 1.82) is 0 Å². The molecule has 0 saturated heterocycles. The molecule has 5 nitrogen and oxygen atoms in total. The van der Waals surface area contributed by atoms with Crippen LogP contribution >= 0.6 is 0 Å². The third-order valence-electron chi connectivity index (χ3n) is 7.91. The Kier molecular flexibility index (Phi) is 6.41. The van der Waals surface area contributed by atoms with Gasteiger partial charge in [0.25, 0.3) is 0 Å². The van der Waals surface area contributed by atoms with Crippen LogP contribution in [-0.2, 0) is 25.9 Å². The van der Waals surface area contributed by atoms with E-state index in [1.165, 1.54) is 6.08 Å². The quantitative estimate of drug-likeness (QED) is 0.442. The van der Waals surface area contributed by atoms with E-state index in [0.717, 1.165) is 24.1 Å². The summed E-state index contributed by atoms with van der Waals surface area (Å²) in [6, 6.07) is 18.6. The molecule has 33 heavy (non-hydrogen) atoms. The van der Waals surface area contributed by atoms with E-state index in [0.29, 0.717) is 23.8 Å². The van der Waals surface area contributed by atoms with Crippen LogP contribution in [0, 0.1) is 16.7 Å². The van der Waals surface area contributed by atoms with Crippen LogP contribution in [0.25, 0.3) is 0 Å². The molecule has 2 aliphatic carbocycles. The predicted molar refractivity (Wildman–Crippen MR) is 129 cm³/mol. The fourth-order valence-electron chi connectivity index (χ4n) is 5.80. The molecule has 0 unspecified atom stereocenters. The summed E-state index contributed by atoms with van der Waals surface area (Å²) < 4.78 is 32.6. The third-order valence-corrected chi connectivity index (χ3v) is 9.80. The summed E-state index contributed by atoms with van der Waals surface area (Å²) in [5.74, 6) is -0.0686. The summed E-state index contributed by atoms with van der Waals surface area (Å²) in [4.78, 5) is 13.1. The number of sulfone groups is 1. The monoisotopic (exact) mass is 467 g/mol. The summed E-state index contributed by atoms with van der Waals surface area (Å²) in [6.07, 6.45) is 3.51. The first kappa shape index (κ1) is 23.6. The minimum atomic E-state index is -3.51. The van der Waals surface area contributed by atoms with Gasteiger partial charge in [-0.1, -0.05) is 62.4 Å². The van der Waals surface area contributed by atoms with Gasteiger partial charge in [-0.2, -0.15) is 0 Å². The molecular formula is C27H33NO4S. The van der Waals surface area contributed by atoms with Gasteiger partial charge in [-0.3, -0.25) is 0 Å². The molecule has 0 aliphatic heterocycles. The molecule has 2 aliphatic rings. The van der Waals surface area contributed by atoms with Gasteiger partial charge in [0, 0.05) is 23.7 Å². The van der Waals surface area contributed by atoms with Gasteiger partial charge < -0.3 is 10.1 Å². The van der Waals surface area contributed by atoms with Gasteiger partial charge in [-0.05, 0) is 55.2 Å². The van der Waals surface area contributed by atoms with Gasteiger partial charge in [0.05, 0.1) is 10.6 Å². The molecule has 1 N–H and O–H groups in total. The molecule has 3 atom stereocenters. The maximum Gasteiger partial charge on any atom is 0.332 e. The number of benzene rings is 2. The van der Waals surface area contributed by atoms with Gasteiger partial charge in [-0.25, -0.2) is 13.2 Å². The lowest BCUT2D eigenvalue weighted by atomic mass is 9.69. The molecule has 0 heterocycles. The Morgan fingerprint density at radius 3 is 2.36 bits per heavy atom. The Morgan fingerprint density at radius 1 is 1.09 bits per heavy atom. The van der Waals surface area contributed by atoms with Gasteiger partial charge in [0.15, 0.2) is 9.84 Å². The SMILES string of the molecule is C/C(=C/C(=O)O[C@@H]1C[C@H]2CC[C@]1(CS(=O)(=O)c1ccccc1)C2(C)C)NCc1ccccc1. The van der Waals surface area contributed by atoms with Crippen molar-refractivity contribution in [2.75, 3.05) is 5.75 Å². The molecule has 2 aromatic rings. The second-order valence-corrected chi connectivity index (χ2v) is 12.0. The molecule has 2 saturated carbocycles. The lowest BCUT2D eigenvalue weighted by molar-refractivity contribution is -0.150. The molecule has 2 bridgehead atoms. The lowest BCUT2D eigenvalue weighted by Crippen LogP contribution is -2.46. The van der Waals surface area contributed by atoms with Crippen molar-refractivity contribution in [1.82, 2.24) is 5.32 Å². The number of carbonyl (C=O) groups excluding carboxylic acids is 1. The topological polar surface area (TPSA) is 72.5 Å². The first-order valence-electron chi connectivity index (χ1n) is 11.6. The number of allylic oxidation sites excluding steroid dienone is 1. The van der Waals surface area contributed by atoms with Gasteiger partial charge in [-0.15, -0.1) is 0 Å². The zero-order valence-electron chi connectivity index (χ0n) is 19.6. The van der Waals surface area contributed by atoms with E-state index in [1.54, 1.807) is 24.3 Å². The Hall–Kier alpha value is -2.60. The first-order valence-corrected chi connectivity index (χ1v) is 13.2. The Morgan fingerprint density at radius 2 is 1.73 bits per heavy atom. The van der Waals surface area contributed by atoms with E-state index < -0.39 is 27.3 Å². The highest BCUT2D eigenvalue weighted by molar-refractivity contribution is 7.91. The highest BCUT2D eigenvalue weighted by atomic mass is 32.2. The predicted octanol–water partition coefficient (Wildman–Crippen LogP) is 4.89. The molecular weight excluding hydrogens is 434 g/mol. The van der Waals surface area contributed by atoms with Crippen LogP contribution in [0.1, 0.15) is 45.6 Å². The van der Waals surface area contributed by atoms with Crippen LogP contribution in [-0.4, -0.2) is 26.2 Å². The zero-order valence-corrected chi connectivity index (χ0v) is 20.4. The number of hydrogen-bond donors (Lipinski definition) is 1. The highest BCUT2D eigenvalue weighted by Gasteiger charge is 2.66. The van der Waals surface area contributed by atoms with Crippen LogP contribution < -0.4 is 5.32 Å². The molecule has 0 amide bonds. The molecule has 4 rings (SSSR count). The van der Waals surface area contributed by atoms with E-state index in [4.69, 9.17) is 4.74 Å². The Bertz CT molecular complexity index is 1130. The maximum atomic E-state index is 13.3. The van der Waals surface area contributed by atoms with E-state index >= 15 is 0 Å². The molecule has 0 aromatic heterocycles. The normalized spacial score (nSPS) is 26.2. The van der Waals surface area contributed by atoms with Crippen molar-refractivity contribution in [2.45, 2.75) is 57.6 Å². The fraction of sp³-hybridized carbons (Fsp3) is 0.444. The second-order valence-electron chi connectivity index (χ2n) is 10.0. The van der Waals surface area contributed by atoms with Gasteiger partial charge >= 0.3 is 5.97 Å². The van der Waals surface area contributed by atoms with Crippen molar-refractivity contribution in [3.8, 4) is 0 Å². The number of nitrogens with one attached hydrogen (secondary N) is 1. The van der Waals surface area contributed by atoms with E-state index in [-0.39, 0.29) is 11.2 Å². The summed E-state index contributed by atoms with van der Waals surface area (Å²) in [7, 11) is -3.51. The number of carbonyl (C=O) groups is 1. The highest BCUT2D eigenvalue weighted by Crippen LogP contribution is 2.67. The fourth-order valence-corrected chi connectivity index (χ4v) is 7.91. The van der Waals surface area contributed by atoms with Crippen LogP contribution in [0.5, 0.6) is 0 Å². The third kappa shape index (κ3) is 4.58. The molecule has 0 radical (unpaired) electrons. The van der Waals surface area contributed by atoms with E-state index in [2.05, 4.69) is 19.2 Å². The molecule has 2 aromatic carbocycles. The van der Waals surface area contributed by atoms with Crippen molar-refractivity contribution >= 4 is 15.8 Å².